The largest absolute Gasteiger partial charge is 0.494 e. The maximum atomic E-state index is 12.4. The number of hydrogen-bond acceptors (Lipinski definition) is 4. The first-order valence-electron chi connectivity index (χ1n) is 8.39. The Labute approximate surface area is 147 Å². The van der Waals surface area contributed by atoms with Crippen LogP contribution in [-0.4, -0.2) is 15.9 Å². The lowest BCUT2D eigenvalue weighted by atomic mass is 10.1. The predicted octanol–water partition coefficient (Wildman–Crippen LogP) is 3.90. The van der Waals surface area contributed by atoms with Gasteiger partial charge in [0.25, 0.3) is 5.56 Å². The highest BCUT2D eigenvalue weighted by molar-refractivity contribution is 5.87. The fraction of sp³-hybridized carbons (Fsp3) is 0.350. The van der Waals surface area contributed by atoms with Crippen LogP contribution in [0.4, 0.5) is 5.69 Å². The first-order chi connectivity index (χ1) is 11.9. The molecule has 1 aromatic heterocycles. The number of benzene rings is 1. The second-order valence-corrected chi connectivity index (χ2v) is 6.16. The average Bonchev–Trinajstić information content (AvgIpc) is 2.57. The number of aromatic hydroxyl groups is 1. The standard InChI is InChI=1S/C20H23N3O2/c1-5-6-10-23-19(24)16(11-21)15(4)17(20(23)25)12-22-18-13(2)8-7-9-14(18)3/h7-9,12,25H,5-6,10H2,1-4H3. The van der Waals surface area contributed by atoms with Crippen molar-refractivity contribution in [1.82, 2.24) is 4.57 Å². The Kier molecular flexibility index (Phi) is 5.76. The van der Waals surface area contributed by atoms with Crippen LogP contribution in [0.3, 0.4) is 0 Å². The number of para-hydroxylation sites is 1. The van der Waals surface area contributed by atoms with E-state index in [2.05, 4.69) is 4.99 Å². The van der Waals surface area contributed by atoms with E-state index in [4.69, 9.17) is 0 Å². The van der Waals surface area contributed by atoms with Crippen LogP contribution >= 0.6 is 0 Å². The Balaban J connectivity index is 2.63. The lowest BCUT2D eigenvalue weighted by Crippen LogP contribution is -2.25. The Morgan fingerprint density at radius 3 is 2.48 bits per heavy atom. The molecule has 2 rings (SSSR count). The molecule has 0 bridgehead atoms. The van der Waals surface area contributed by atoms with Gasteiger partial charge in [-0.3, -0.25) is 14.4 Å². The van der Waals surface area contributed by atoms with Crippen LogP contribution in [0.1, 0.15) is 47.6 Å². The van der Waals surface area contributed by atoms with E-state index in [9.17, 15) is 15.2 Å². The first-order valence-corrected chi connectivity index (χ1v) is 8.39. The summed E-state index contributed by atoms with van der Waals surface area (Å²) in [6, 6.07) is 7.86. The second-order valence-electron chi connectivity index (χ2n) is 6.16. The molecule has 0 amide bonds. The molecule has 1 heterocycles. The van der Waals surface area contributed by atoms with Gasteiger partial charge >= 0.3 is 0 Å². The van der Waals surface area contributed by atoms with Gasteiger partial charge in [0.2, 0.25) is 5.88 Å². The monoisotopic (exact) mass is 337 g/mol. The number of rotatable bonds is 5. The van der Waals surface area contributed by atoms with Gasteiger partial charge < -0.3 is 5.11 Å². The fourth-order valence-electron chi connectivity index (χ4n) is 2.79. The van der Waals surface area contributed by atoms with Gasteiger partial charge in [-0.05, 0) is 43.9 Å². The minimum absolute atomic E-state index is 0.0526. The van der Waals surface area contributed by atoms with E-state index < -0.39 is 5.56 Å². The summed E-state index contributed by atoms with van der Waals surface area (Å²) in [4.78, 5) is 16.9. The van der Waals surface area contributed by atoms with Gasteiger partial charge in [-0.2, -0.15) is 5.26 Å². The highest BCUT2D eigenvalue weighted by Crippen LogP contribution is 2.25. The summed E-state index contributed by atoms with van der Waals surface area (Å²) in [7, 11) is 0. The molecule has 5 heteroatoms. The molecule has 2 aromatic rings. The van der Waals surface area contributed by atoms with Crippen LogP contribution in [0.25, 0.3) is 0 Å². The van der Waals surface area contributed by atoms with Crippen molar-refractivity contribution in [2.24, 2.45) is 4.99 Å². The van der Waals surface area contributed by atoms with E-state index in [0.29, 0.717) is 17.7 Å². The first kappa shape index (κ1) is 18.5. The van der Waals surface area contributed by atoms with Crippen LogP contribution in [0.2, 0.25) is 0 Å². The molecule has 0 saturated heterocycles. The Bertz CT molecular complexity index is 898. The molecule has 0 atom stereocenters. The smallest absolute Gasteiger partial charge is 0.271 e. The molecule has 1 aromatic carbocycles. The third kappa shape index (κ3) is 3.63. The van der Waals surface area contributed by atoms with E-state index in [1.807, 2.05) is 45.0 Å². The topological polar surface area (TPSA) is 78.4 Å². The Hall–Kier alpha value is -2.87. The van der Waals surface area contributed by atoms with E-state index in [-0.39, 0.29) is 11.4 Å². The number of aromatic nitrogens is 1. The third-order valence-electron chi connectivity index (χ3n) is 4.34. The quantitative estimate of drug-likeness (QED) is 0.840. The maximum absolute atomic E-state index is 12.4. The van der Waals surface area contributed by atoms with Crippen molar-refractivity contribution in [3.8, 4) is 11.9 Å². The minimum atomic E-state index is -0.449. The SMILES string of the molecule is CCCCn1c(O)c(C=Nc2c(C)cccc2C)c(C)c(C#N)c1=O. The molecule has 0 aliphatic heterocycles. The van der Waals surface area contributed by atoms with Gasteiger partial charge in [-0.25, -0.2) is 0 Å². The Morgan fingerprint density at radius 1 is 1.28 bits per heavy atom. The lowest BCUT2D eigenvalue weighted by Gasteiger charge is -2.13. The average molecular weight is 337 g/mol. The number of pyridine rings is 1. The van der Waals surface area contributed by atoms with Crippen molar-refractivity contribution in [1.29, 1.82) is 5.26 Å². The van der Waals surface area contributed by atoms with E-state index in [0.717, 1.165) is 29.7 Å². The van der Waals surface area contributed by atoms with Gasteiger partial charge in [-0.15, -0.1) is 0 Å². The summed E-state index contributed by atoms with van der Waals surface area (Å²) in [5.41, 5.74) is 3.34. The highest BCUT2D eigenvalue weighted by Gasteiger charge is 2.17. The fourth-order valence-corrected chi connectivity index (χ4v) is 2.79. The number of nitriles is 1. The summed E-state index contributed by atoms with van der Waals surface area (Å²) in [6.07, 6.45) is 3.17. The number of nitrogens with zero attached hydrogens (tertiary/aromatic N) is 3. The normalized spacial score (nSPS) is 11.0. The summed E-state index contributed by atoms with van der Waals surface area (Å²) in [5, 5.41) is 19.9. The summed E-state index contributed by atoms with van der Waals surface area (Å²) >= 11 is 0. The number of unbranched alkanes of at least 4 members (excludes halogenated alkanes) is 1. The van der Waals surface area contributed by atoms with Gasteiger partial charge in [0.15, 0.2) is 0 Å². The Morgan fingerprint density at radius 2 is 1.92 bits per heavy atom. The summed E-state index contributed by atoms with van der Waals surface area (Å²) < 4.78 is 1.26. The zero-order valence-electron chi connectivity index (χ0n) is 15.1. The lowest BCUT2D eigenvalue weighted by molar-refractivity contribution is 0.400. The number of hydrogen-bond donors (Lipinski definition) is 1. The van der Waals surface area contributed by atoms with Crippen LogP contribution in [0.15, 0.2) is 28.0 Å². The molecular formula is C20H23N3O2. The molecule has 1 N–H and O–H groups in total. The van der Waals surface area contributed by atoms with Crippen LogP contribution in [0, 0.1) is 32.1 Å². The summed E-state index contributed by atoms with van der Waals surface area (Å²) in [6.45, 7) is 7.98. The van der Waals surface area contributed by atoms with Gasteiger partial charge in [-0.1, -0.05) is 31.5 Å². The molecule has 0 aliphatic rings. The molecule has 5 nitrogen and oxygen atoms in total. The van der Waals surface area contributed by atoms with Crippen LogP contribution in [0.5, 0.6) is 5.88 Å². The van der Waals surface area contributed by atoms with Crippen molar-refractivity contribution < 1.29 is 5.11 Å². The van der Waals surface area contributed by atoms with Crippen molar-refractivity contribution in [3.63, 3.8) is 0 Å². The number of aliphatic imine (C=N–C) groups is 1. The molecular weight excluding hydrogens is 314 g/mol. The van der Waals surface area contributed by atoms with Crippen LogP contribution < -0.4 is 5.56 Å². The van der Waals surface area contributed by atoms with Crippen molar-refractivity contribution in [2.75, 3.05) is 0 Å². The molecule has 0 aliphatic carbocycles. The zero-order valence-corrected chi connectivity index (χ0v) is 15.1. The minimum Gasteiger partial charge on any atom is -0.494 e. The van der Waals surface area contributed by atoms with Crippen molar-refractivity contribution in [2.45, 2.75) is 47.1 Å². The predicted molar refractivity (Wildman–Crippen MR) is 99.9 cm³/mol. The van der Waals surface area contributed by atoms with E-state index >= 15 is 0 Å². The maximum Gasteiger partial charge on any atom is 0.271 e. The molecule has 0 radical (unpaired) electrons. The molecule has 0 fully saturated rings. The molecule has 0 spiro atoms. The van der Waals surface area contributed by atoms with Gasteiger partial charge in [0.1, 0.15) is 11.6 Å². The van der Waals surface area contributed by atoms with E-state index in [1.165, 1.54) is 4.57 Å². The second kappa shape index (κ2) is 7.80. The molecule has 130 valence electrons. The third-order valence-corrected chi connectivity index (χ3v) is 4.34. The van der Waals surface area contributed by atoms with Gasteiger partial charge in [0.05, 0.1) is 11.3 Å². The summed E-state index contributed by atoms with van der Waals surface area (Å²) in [5.74, 6) is -0.134. The van der Waals surface area contributed by atoms with Gasteiger partial charge in [0, 0.05) is 12.8 Å². The van der Waals surface area contributed by atoms with Crippen molar-refractivity contribution >= 4 is 11.9 Å². The zero-order chi connectivity index (χ0) is 18.6. The van der Waals surface area contributed by atoms with Crippen molar-refractivity contribution in [3.05, 3.63) is 56.4 Å². The van der Waals surface area contributed by atoms with Crippen LogP contribution in [-0.2, 0) is 6.54 Å². The number of aryl methyl sites for hydroxylation is 2. The molecule has 0 saturated carbocycles. The van der Waals surface area contributed by atoms with E-state index in [1.54, 1.807) is 13.1 Å². The highest BCUT2D eigenvalue weighted by atomic mass is 16.3. The molecule has 0 unspecified atom stereocenters. The molecule has 25 heavy (non-hydrogen) atoms.